The van der Waals surface area contributed by atoms with Crippen LogP contribution in [0.4, 0.5) is 0 Å². The van der Waals surface area contributed by atoms with Crippen molar-refractivity contribution in [3.05, 3.63) is 71.5 Å². The van der Waals surface area contributed by atoms with Crippen LogP contribution in [0.5, 0.6) is 0 Å². The molecule has 0 bridgehead atoms. The van der Waals surface area contributed by atoms with E-state index in [0.717, 1.165) is 59.9 Å². The number of benzene rings is 1. The fourth-order valence-electron chi connectivity index (χ4n) is 3.76. The predicted octanol–water partition coefficient (Wildman–Crippen LogP) is 4.17. The summed E-state index contributed by atoms with van der Waals surface area (Å²) < 4.78 is 5.22. The van der Waals surface area contributed by atoms with Gasteiger partial charge in [-0.15, -0.1) is 0 Å². The SMILES string of the molecule is Cc1noc(C)c1-c1cnc(C2CCN(C(=O)C=Cc3ccccc3)CC2)cn1. The second-order valence-corrected chi connectivity index (χ2v) is 7.37. The molecule has 1 fully saturated rings. The second-order valence-electron chi connectivity index (χ2n) is 7.37. The first-order chi connectivity index (χ1) is 14.1. The molecule has 1 aliphatic rings. The van der Waals surface area contributed by atoms with Crippen molar-refractivity contribution in [2.75, 3.05) is 13.1 Å². The maximum absolute atomic E-state index is 12.5. The van der Waals surface area contributed by atoms with Gasteiger partial charge in [-0.1, -0.05) is 35.5 Å². The van der Waals surface area contributed by atoms with Crippen molar-refractivity contribution >= 4 is 12.0 Å². The lowest BCUT2D eigenvalue weighted by Crippen LogP contribution is -2.37. The summed E-state index contributed by atoms with van der Waals surface area (Å²) in [6.07, 6.45) is 8.95. The van der Waals surface area contributed by atoms with Gasteiger partial charge in [-0.25, -0.2) is 0 Å². The molecule has 3 aromatic rings. The van der Waals surface area contributed by atoms with Crippen molar-refractivity contribution in [1.82, 2.24) is 20.0 Å². The molecule has 1 amide bonds. The van der Waals surface area contributed by atoms with E-state index in [2.05, 4.69) is 15.1 Å². The van der Waals surface area contributed by atoms with Gasteiger partial charge in [0.2, 0.25) is 5.91 Å². The Morgan fingerprint density at radius 1 is 1.10 bits per heavy atom. The van der Waals surface area contributed by atoms with Crippen LogP contribution in [0.2, 0.25) is 0 Å². The zero-order valence-corrected chi connectivity index (χ0v) is 16.7. The Kier molecular flexibility index (Phi) is 5.51. The lowest BCUT2D eigenvalue weighted by Gasteiger charge is -2.31. The Morgan fingerprint density at radius 2 is 1.86 bits per heavy atom. The van der Waals surface area contributed by atoms with Crippen molar-refractivity contribution in [3.63, 3.8) is 0 Å². The summed E-state index contributed by atoms with van der Waals surface area (Å²) >= 11 is 0. The predicted molar refractivity (Wildman–Crippen MR) is 111 cm³/mol. The van der Waals surface area contributed by atoms with Crippen LogP contribution in [0.1, 0.15) is 41.5 Å². The van der Waals surface area contributed by atoms with Crippen LogP contribution >= 0.6 is 0 Å². The van der Waals surface area contributed by atoms with E-state index >= 15 is 0 Å². The number of nitrogens with zero attached hydrogens (tertiary/aromatic N) is 4. The van der Waals surface area contributed by atoms with Gasteiger partial charge in [0, 0.05) is 31.3 Å². The molecule has 0 saturated carbocycles. The number of carbonyl (C=O) groups is 1. The molecule has 1 aromatic carbocycles. The first-order valence-corrected chi connectivity index (χ1v) is 9.89. The highest BCUT2D eigenvalue weighted by Gasteiger charge is 2.24. The third kappa shape index (κ3) is 4.26. The number of amides is 1. The molecule has 0 atom stereocenters. The van der Waals surface area contributed by atoms with E-state index in [0.29, 0.717) is 5.92 Å². The van der Waals surface area contributed by atoms with Crippen LogP contribution in [-0.2, 0) is 4.79 Å². The van der Waals surface area contributed by atoms with Gasteiger partial charge in [0.05, 0.1) is 28.8 Å². The summed E-state index contributed by atoms with van der Waals surface area (Å²) in [6, 6.07) is 9.87. The molecule has 2 aromatic heterocycles. The molecular weight excluding hydrogens is 364 g/mol. The average Bonchev–Trinajstić information content (AvgIpc) is 3.11. The number of hydrogen-bond donors (Lipinski definition) is 0. The number of aryl methyl sites for hydroxylation is 2. The molecule has 0 unspecified atom stereocenters. The Balaban J connectivity index is 1.36. The first-order valence-electron chi connectivity index (χ1n) is 9.89. The van der Waals surface area contributed by atoms with Crippen LogP contribution < -0.4 is 0 Å². The van der Waals surface area contributed by atoms with E-state index in [1.54, 1.807) is 12.3 Å². The number of likely N-dealkylation sites (tertiary alicyclic amines) is 1. The molecule has 148 valence electrons. The zero-order chi connectivity index (χ0) is 20.2. The second kappa shape index (κ2) is 8.39. The van der Waals surface area contributed by atoms with Crippen molar-refractivity contribution in [3.8, 4) is 11.3 Å². The standard InChI is InChI=1S/C23H24N4O2/c1-16-23(17(2)29-26-16)21-15-24-20(14-25-21)19-10-12-27(13-11-19)22(28)9-8-18-6-4-3-5-7-18/h3-9,14-15,19H,10-13H2,1-2H3. The van der Waals surface area contributed by atoms with Gasteiger partial charge in [-0.2, -0.15) is 0 Å². The maximum Gasteiger partial charge on any atom is 0.246 e. The van der Waals surface area contributed by atoms with Crippen molar-refractivity contribution in [2.45, 2.75) is 32.6 Å². The largest absolute Gasteiger partial charge is 0.361 e. The highest BCUT2D eigenvalue weighted by molar-refractivity contribution is 5.91. The van der Waals surface area contributed by atoms with E-state index in [-0.39, 0.29) is 5.91 Å². The summed E-state index contributed by atoms with van der Waals surface area (Å²) in [5.41, 5.74) is 4.52. The maximum atomic E-state index is 12.5. The lowest BCUT2D eigenvalue weighted by molar-refractivity contribution is -0.126. The minimum Gasteiger partial charge on any atom is -0.361 e. The molecule has 0 spiro atoms. The summed E-state index contributed by atoms with van der Waals surface area (Å²) in [5, 5.41) is 3.98. The van der Waals surface area contributed by atoms with E-state index in [1.165, 1.54) is 0 Å². The normalized spacial score (nSPS) is 15.2. The number of piperidine rings is 1. The van der Waals surface area contributed by atoms with Crippen molar-refractivity contribution in [2.24, 2.45) is 0 Å². The summed E-state index contributed by atoms with van der Waals surface area (Å²) in [6.45, 7) is 5.25. The molecule has 3 heterocycles. The summed E-state index contributed by atoms with van der Waals surface area (Å²) in [4.78, 5) is 23.6. The fourth-order valence-corrected chi connectivity index (χ4v) is 3.76. The number of aromatic nitrogens is 3. The molecule has 29 heavy (non-hydrogen) atoms. The van der Waals surface area contributed by atoms with Gasteiger partial charge >= 0.3 is 0 Å². The topological polar surface area (TPSA) is 72.1 Å². The zero-order valence-electron chi connectivity index (χ0n) is 16.7. The van der Waals surface area contributed by atoms with E-state index in [4.69, 9.17) is 4.52 Å². The molecule has 6 heteroatoms. The van der Waals surface area contributed by atoms with Crippen LogP contribution in [-0.4, -0.2) is 39.0 Å². The lowest BCUT2D eigenvalue weighted by atomic mass is 9.93. The van der Waals surface area contributed by atoms with Gasteiger partial charge in [-0.3, -0.25) is 14.8 Å². The highest BCUT2D eigenvalue weighted by Crippen LogP contribution is 2.29. The molecule has 0 aliphatic carbocycles. The van der Waals surface area contributed by atoms with E-state index < -0.39 is 0 Å². The molecular formula is C23H24N4O2. The van der Waals surface area contributed by atoms with Gasteiger partial charge in [0.1, 0.15) is 5.76 Å². The number of rotatable bonds is 4. The molecule has 4 rings (SSSR count). The van der Waals surface area contributed by atoms with E-state index in [1.807, 2.05) is 61.4 Å². The van der Waals surface area contributed by atoms with Crippen LogP contribution in [0, 0.1) is 13.8 Å². The van der Waals surface area contributed by atoms with Crippen molar-refractivity contribution < 1.29 is 9.32 Å². The highest BCUT2D eigenvalue weighted by atomic mass is 16.5. The monoisotopic (exact) mass is 388 g/mol. The smallest absolute Gasteiger partial charge is 0.246 e. The van der Waals surface area contributed by atoms with Crippen molar-refractivity contribution in [1.29, 1.82) is 0 Å². The van der Waals surface area contributed by atoms with Crippen LogP contribution in [0.15, 0.2) is 53.3 Å². The quantitative estimate of drug-likeness (QED) is 0.627. The molecule has 1 aliphatic heterocycles. The Bertz CT molecular complexity index is 982. The van der Waals surface area contributed by atoms with Crippen LogP contribution in [0.3, 0.4) is 0 Å². The first kappa shape index (κ1) is 19.1. The van der Waals surface area contributed by atoms with Gasteiger partial charge in [-0.05, 0) is 38.3 Å². The molecule has 0 radical (unpaired) electrons. The van der Waals surface area contributed by atoms with Gasteiger partial charge in [0.25, 0.3) is 0 Å². The Morgan fingerprint density at radius 3 is 2.48 bits per heavy atom. The Hall–Kier alpha value is -3.28. The van der Waals surface area contributed by atoms with Crippen LogP contribution in [0.25, 0.3) is 17.3 Å². The minimum atomic E-state index is 0.0622. The molecule has 0 N–H and O–H groups in total. The number of hydrogen-bond acceptors (Lipinski definition) is 5. The fraction of sp³-hybridized carbons (Fsp3) is 0.304. The summed E-state index contributed by atoms with van der Waals surface area (Å²) in [7, 11) is 0. The van der Waals surface area contributed by atoms with Gasteiger partial charge < -0.3 is 9.42 Å². The summed E-state index contributed by atoms with van der Waals surface area (Å²) in [5.74, 6) is 1.13. The van der Waals surface area contributed by atoms with E-state index in [9.17, 15) is 4.79 Å². The Labute approximate surface area is 170 Å². The number of carbonyl (C=O) groups excluding carboxylic acids is 1. The third-order valence-electron chi connectivity index (χ3n) is 5.40. The average molecular weight is 388 g/mol. The third-order valence-corrected chi connectivity index (χ3v) is 5.40. The van der Waals surface area contributed by atoms with Gasteiger partial charge in [0.15, 0.2) is 0 Å². The molecule has 1 saturated heterocycles. The minimum absolute atomic E-state index is 0.0622. The molecule has 6 nitrogen and oxygen atoms in total.